The Kier molecular flexibility index (Phi) is 4.54. The molecule has 3 heterocycles. The smallest absolute Gasteiger partial charge is 0.232 e. The van der Waals surface area contributed by atoms with E-state index in [0.717, 1.165) is 5.69 Å². The van der Waals surface area contributed by atoms with Crippen LogP contribution in [0, 0.1) is 5.92 Å². The van der Waals surface area contributed by atoms with Crippen molar-refractivity contribution >= 4 is 33.0 Å². The molecule has 1 aromatic rings. The SMILES string of the molecule is CCS(=O)(=O)N1CC[C@H]2C(=O)N(c3ccsc3)CCO[C@H]2C1. The number of hydrogen-bond donors (Lipinski definition) is 0. The Balaban J connectivity index is 1.78. The van der Waals surface area contributed by atoms with Gasteiger partial charge in [-0.25, -0.2) is 8.42 Å². The molecule has 6 nitrogen and oxygen atoms in total. The molecule has 2 saturated heterocycles. The first-order valence-electron chi connectivity index (χ1n) is 7.46. The van der Waals surface area contributed by atoms with Gasteiger partial charge in [0.15, 0.2) is 0 Å². The van der Waals surface area contributed by atoms with Crippen LogP contribution >= 0.6 is 11.3 Å². The highest BCUT2D eigenvalue weighted by Crippen LogP contribution is 2.30. The van der Waals surface area contributed by atoms with Gasteiger partial charge in [-0.1, -0.05) is 0 Å². The van der Waals surface area contributed by atoms with E-state index < -0.39 is 10.0 Å². The first kappa shape index (κ1) is 15.9. The third kappa shape index (κ3) is 2.92. The molecule has 1 amide bonds. The fourth-order valence-corrected chi connectivity index (χ4v) is 4.81. The first-order chi connectivity index (χ1) is 10.5. The normalized spacial score (nSPS) is 27.5. The summed E-state index contributed by atoms with van der Waals surface area (Å²) in [7, 11) is -3.23. The minimum absolute atomic E-state index is 0.0504. The van der Waals surface area contributed by atoms with Crippen LogP contribution in [0.3, 0.4) is 0 Å². The van der Waals surface area contributed by atoms with Gasteiger partial charge >= 0.3 is 0 Å². The van der Waals surface area contributed by atoms with Crippen LogP contribution in [0.5, 0.6) is 0 Å². The molecule has 2 fully saturated rings. The number of anilines is 1. The Morgan fingerprint density at radius 3 is 2.91 bits per heavy atom. The number of piperidine rings is 1. The van der Waals surface area contributed by atoms with Crippen LogP contribution in [0.25, 0.3) is 0 Å². The lowest BCUT2D eigenvalue weighted by Crippen LogP contribution is -2.51. The molecule has 0 unspecified atom stereocenters. The molecule has 2 aliphatic rings. The Bertz CT molecular complexity index is 629. The lowest BCUT2D eigenvalue weighted by molar-refractivity contribution is -0.127. The van der Waals surface area contributed by atoms with Crippen LogP contribution < -0.4 is 4.90 Å². The largest absolute Gasteiger partial charge is 0.374 e. The zero-order valence-electron chi connectivity index (χ0n) is 12.5. The van der Waals surface area contributed by atoms with Gasteiger partial charge in [0.2, 0.25) is 15.9 Å². The number of thiophene rings is 1. The number of hydrogen-bond acceptors (Lipinski definition) is 5. The minimum atomic E-state index is -3.23. The van der Waals surface area contributed by atoms with Gasteiger partial charge in [0, 0.05) is 25.0 Å². The van der Waals surface area contributed by atoms with E-state index in [-0.39, 0.29) is 30.2 Å². The monoisotopic (exact) mass is 344 g/mol. The van der Waals surface area contributed by atoms with Gasteiger partial charge in [-0.3, -0.25) is 4.79 Å². The summed E-state index contributed by atoms with van der Waals surface area (Å²) < 4.78 is 31.3. The molecule has 0 bridgehead atoms. The minimum Gasteiger partial charge on any atom is -0.374 e. The lowest BCUT2D eigenvalue weighted by Gasteiger charge is -2.36. The number of nitrogens with zero attached hydrogens (tertiary/aromatic N) is 2. The summed E-state index contributed by atoms with van der Waals surface area (Å²) in [6.45, 7) is 3.26. The Morgan fingerprint density at radius 2 is 2.23 bits per heavy atom. The highest BCUT2D eigenvalue weighted by molar-refractivity contribution is 7.89. The Labute approximate surface area is 134 Å². The molecule has 22 heavy (non-hydrogen) atoms. The maximum absolute atomic E-state index is 12.8. The Hall–Kier alpha value is -0.960. The first-order valence-corrected chi connectivity index (χ1v) is 10.0. The van der Waals surface area contributed by atoms with Crippen LogP contribution in [0.15, 0.2) is 16.8 Å². The van der Waals surface area contributed by atoms with Crippen LogP contribution in [0.2, 0.25) is 0 Å². The van der Waals surface area contributed by atoms with Gasteiger partial charge < -0.3 is 9.64 Å². The summed E-state index contributed by atoms with van der Waals surface area (Å²) >= 11 is 1.56. The predicted octanol–water partition coefficient (Wildman–Crippen LogP) is 1.15. The second kappa shape index (κ2) is 6.27. The maximum atomic E-state index is 12.8. The van der Waals surface area contributed by atoms with E-state index in [1.54, 1.807) is 23.2 Å². The second-order valence-corrected chi connectivity index (χ2v) is 8.57. The van der Waals surface area contributed by atoms with Gasteiger partial charge in [0.25, 0.3) is 0 Å². The molecule has 0 spiro atoms. The number of rotatable bonds is 3. The van der Waals surface area contributed by atoms with Crippen molar-refractivity contribution in [2.75, 3.05) is 36.9 Å². The van der Waals surface area contributed by atoms with Crippen LogP contribution in [0.4, 0.5) is 5.69 Å². The van der Waals surface area contributed by atoms with Gasteiger partial charge in [-0.05, 0) is 24.8 Å². The summed E-state index contributed by atoms with van der Waals surface area (Å²) in [5.74, 6) is -0.125. The van der Waals surface area contributed by atoms with E-state index in [0.29, 0.717) is 26.1 Å². The zero-order valence-corrected chi connectivity index (χ0v) is 14.1. The van der Waals surface area contributed by atoms with E-state index >= 15 is 0 Å². The standard InChI is InChI=1S/C14H20N2O4S2/c1-2-22(18,19)15-5-3-12-13(9-15)20-7-6-16(14(12)17)11-4-8-21-10-11/h4,8,10,12-13H,2-3,5-7,9H2,1H3/t12-,13+/m1/s1. The van der Waals surface area contributed by atoms with Crippen LogP contribution in [-0.4, -0.2) is 56.7 Å². The van der Waals surface area contributed by atoms with Crippen molar-refractivity contribution in [2.24, 2.45) is 5.92 Å². The molecular weight excluding hydrogens is 324 g/mol. The Morgan fingerprint density at radius 1 is 1.41 bits per heavy atom. The van der Waals surface area contributed by atoms with Crippen molar-refractivity contribution in [3.63, 3.8) is 0 Å². The van der Waals surface area contributed by atoms with Crippen molar-refractivity contribution in [1.82, 2.24) is 4.31 Å². The topological polar surface area (TPSA) is 66.9 Å². The summed E-state index contributed by atoms with van der Waals surface area (Å²) in [4.78, 5) is 14.6. The molecule has 0 radical (unpaired) electrons. The van der Waals surface area contributed by atoms with Gasteiger partial charge in [0.1, 0.15) is 0 Å². The van der Waals surface area contributed by atoms with E-state index in [1.807, 2.05) is 16.8 Å². The summed E-state index contributed by atoms with van der Waals surface area (Å²) in [6, 6.07) is 1.93. The average molecular weight is 344 g/mol. The molecule has 0 aliphatic carbocycles. The highest BCUT2D eigenvalue weighted by Gasteiger charge is 2.42. The van der Waals surface area contributed by atoms with E-state index in [4.69, 9.17) is 4.74 Å². The second-order valence-electron chi connectivity index (χ2n) is 5.53. The van der Waals surface area contributed by atoms with Gasteiger partial charge in [-0.15, -0.1) is 0 Å². The molecule has 2 atom stereocenters. The molecular formula is C14H20N2O4S2. The van der Waals surface area contributed by atoms with E-state index in [2.05, 4.69) is 0 Å². The van der Waals surface area contributed by atoms with Crippen LogP contribution in [-0.2, 0) is 19.6 Å². The third-order valence-corrected chi connectivity index (χ3v) is 6.85. The molecule has 3 rings (SSSR count). The van der Waals surface area contributed by atoms with Crippen molar-refractivity contribution in [2.45, 2.75) is 19.4 Å². The van der Waals surface area contributed by atoms with Crippen molar-refractivity contribution in [3.8, 4) is 0 Å². The number of ether oxygens (including phenoxy) is 1. The van der Waals surface area contributed by atoms with Gasteiger partial charge in [0.05, 0.1) is 30.1 Å². The van der Waals surface area contributed by atoms with Crippen molar-refractivity contribution in [3.05, 3.63) is 16.8 Å². The number of sulfonamides is 1. The summed E-state index contributed by atoms with van der Waals surface area (Å²) in [5, 5.41) is 3.90. The fourth-order valence-electron chi connectivity index (χ4n) is 3.05. The maximum Gasteiger partial charge on any atom is 0.232 e. The number of carbonyl (C=O) groups is 1. The van der Waals surface area contributed by atoms with E-state index in [1.165, 1.54) is 4.31 Å². The molecule has 8 heteroatoms. The predicted molar refractivity (Wildman–Crippen MR) is 85.6 cm³/mol. The van der Waals surface area contributed by atoms with Crippen molar-refractivity contribution < 1.29 is 17.9 Å². The molecule has 0 aromatic carbocycles. The summed E-state index contributed by atoms with van der Waals surface area (Å²) in [6.07, 6.45) is 0.176. The lowest BCUT2D eigenvalue weighted by atomic mass is 9.93. The molecule has 1 aromatic heterocycles. The molecule has 122 valence electrons. The average Bonchev–Trinajstić information content (AvgIpc) is 2.99. The van der Waals surface area contributed by atoms with E-state index in [9.17, 15) is 13.2 Å². The summed E-state index contributed by atoms with van der Waals surface area (Å²) in [5.41, 5.74) is 0.905. The number of amides is 1. The molecule has 0 N–H and O–H groups in total. The number of fused-ring (bicyclic) bond motifs is 1. The quantitative estimate of drug-likeness (QED) is 0.825. The molecule has 2 aliphatic heterocycles. The van der Waals surface area contributed by atoms with Gasteiger partial charge in [-0.2, -0.15) is 15.6 Å². The molecule has 0 saturated carbocycles. The number of carbonyl (C=O) groups excluding carboxylic acids is 1. The highest BCUT2D eigenvalue weighted by atomic mass is 32.2. The third-order valence-electron chi connectivity index (χ3n) is 4.33. The van der Waals surface area contributed by atoms with Crippen LogP contribution in [0.1, 0.15) is 13.3 Å². The zero-order chi connectivity index (χ0) is 15.7. The van der Waals surface area contributed by atoms with Crippen molar-refractivity contribution in [1.29, 1.82) is 0 Å². The fraction of sp³-hybridized carbons (Fsp3) is 0.643.